The quantitative estimate of drug-likeness (QED) is 0.00450. The summed E-state index contributed by atoms with van der Waals surface area (Å²) in [5.41, 5.74) is -3.08. The maximum absolute atomic E-state index is 13.0. The Morgan fingerprint density at radius 2 is 1.11 bits per heavy atom. The van der Waals surface area contributed by atoms with Gasteiger partial charge in [-0.1, -0.05) is 0 Å². The average Bonchev–Trinajstić information content (AvgIpc) is 0.888. The molecule has 1 unspecified atom stereocenters. The summed E-state index contributed by atoms with van der Waals surface area (Å²) in [6, 6.07) is 13.6. The summed E-state index contributed by atoms with van der Waals surface area (Å²) in [6.45, 7) is -0.425. The van der Waals surface area contributed by atoms with Crippen molar-refractivity contribution in [3.8, 4) is 11.5 Å². The summed E-state index contributed by atoms with van der Waals surface area (Å²) < 4.78 is 191. The van der Waals surface area contributed by atoms with Crippen molar-refractivity contribution in [1.82, 2.24) is 15.0 Å². The Bertz CT molecular complexity index is 4480. The third kappa shape index (κ3) is 23.7. The summed E-state index contributed by atoms with van der Waals surface area (Å²) in [7, 11) is -27.6. The van der Waals surface area contributed by atoms with Crippen LogP contribution in [0.5, 0.6) is 11.5 Å². The van der Waals surface area contributed by atoms with Gasteiger partial charge in [0.15, 0.2) is 43.5 Å². The predicted molar refractivity (Wildman–Crippen MR) is 291 cm³/mol. The Kier molecular flexibility index (Phi) is 37.0. The minimum Gasteiger partial charge on any atom is -0.744 e. The van der Waals surface area contributed by atoms with E-state index in [1.807, 2.05) is 0 Å². The molecule has 0 aliphatic heterocycles. The zero-order chi connectivity index (χ0) is 60.9. The van der Waals surface area contributed by atoms with E-state index in [4.69, 9.17) is 27.0 Å². The number of nitrogens with zero attached hydrogens (tertiary/aromatic N) is 7. The minimum atomic E-state index is -5.81. The number of sulfone groups is 2. The first-order valence-electron chi connectivity index (χ1n) is 21.3. The van der Waals surface area contributed by atoms with Gasteiger partial charge in [-0.25, -0.2) is 56.1 Å². The number of aromatic nitrogens is 3. The number of aromatic hydroxyl groups is 2. The molecule has 32 nitrogen and oxygen atoms in total. The Morgan fingerprint density at radius 3 is 1.62 bits per heavy atom. The van der Waals surface area contributed by atoms with Crippen molar-refractivity contribution in [2.24, 2.45) is 20.5 Å². The Labute approximate surface area is 664 Å². The molecule has 0 fully saturated rings. The number of nitrogens with one attached hydrogen (secondary N) is 2. The predicted octanol–water partition coefficient (Wildman–Crippen LogP) is -13.3. The van der Waals surface area contributed by atoms with Crippen LogP contribution < -0.4 is 198 Å². The number of phenolic OH excluding ortho intramolecular Hbond substituents is 2. The van der Waals surface area contributed by atoms with E-state index in [0.717, 1.165) is 60.7 Å². The van der Waals surface area contributed by atoms with Crippen molar-refractivity contribution in [2.75, 3.05) is 34.5 Å². The number of benzene rings is 6. The second kappa shape index (κ2) is 37.6. The number of hydrogen-bond acceptors (Lipinski definition) is 37. The van der Waals surface area contributed by atoms with Crippen LogP contribution in [0.3, 0.4) is 0 Å². The number of azo groups is 2. The molecule has 0 spiro atoms. The molecule has 0 radical (unpaired) electrons. The maximum atomic E-state index is 13.0. The fourth-order valence-electron chi connectivity index (χ4n) is 7.01. The Balaban J connectivity index is 0.00000660. The summed E-state index contributed by atoms with van der Waals surface area (Å²) in [5, 5.41) is 67.8. The van der Waals surface area contributed by atoms with Crippen molar-refractivity contribution in [3.63, 3.8) is 0 Å². The Morgan fingerprint density at radius 1 is 0.584 bits per heavy atom. The molecule has 1 atom stereocenters. The van der Waals surface area contributed by atoms with Crippen LogP contribution in [0.2, 0.25) is 5.28 Å². The zero-order valence-electron chi connectivity index (χ0n) is 45.9. The second-order valence-corrected chi connectivity index (χ2v) is 32.7. The molecule has 0 amide bonds. The van der Waals surface area contributed by atoms with Crippen LogP contribution in [0, 0.1) is 0 Å². The van der Waals surface area contributed by atoms with Gasteiger partial charge in [-0.15, -0.1) is 14.6 Å². The van der Waals surface area contributed by atoms with Gasteiger partial charge in [0, 0.05) is 21.9 Å². The molecule has 0 aliphatic rings. The van der Waals surface area contributed by atoms with E-state index in [0.29, 0.717) is 22.0 Å². The molecular formula is C39H26ClN9Na6O23S11. The van der Waals surface area contributed by atoms with Gasteiger partial charge in [0.25, 0.3) is 0 Å². The molecule has 0 bridgehead atoms. The smallest absolute Gasteiger partial charge is 0.744 e. The van der Waals surface area contributed by atoms with Gasteiger partial charge in [0.2, 0.25) is 17.2 Å². The van der Waals surface area contributed by atoms with E-state index < -0.39 is 158 Å². The first-order chi connectivity index (χ1) is 38.8. The van der Waals surface area contributed by atoms with E-state index >= 15 is 0 Å². The van der Waals surface area contributed by atoms with Crippen LogP contribution in [0.15, 0.2) is 135 Å². The summed E-state index contributed by atoms with van der Waals surface area (Å²) in [5.74, 6) is -5.14. The molecule has 7 rings (SSSR count). The van der Waals surface area contributed by atoms with Crippen LogP contribution >= 0.6 is 45.8 Å². The molecule has 1 aromatic heterocycles. The summed E-state index contributed by atoms with van der Waals surface area (Å²) in [4.78, 5) is 7.26. The number of hydrogen-bond donors (Lipinski definition) is 4. The van der Waals surface area contributed by atoms with Gasteiger partial charge >= 0.3 is 177 Å². The number of fused-ring (bicyclic) bond motifs is 2. The van der Waals surface area contributed by atoms with E-state index in [9.17, 15) is 80.7 Å². The first kappa shape index (κ1) is 87.7. The number of anilines is 4. The third-order valence-corrected chi connectivity index (χ3v) is 23.9. The van der Waals surface area contributed by atoms with Gasteiger partial charge in [-0.3, -0.25) is 14.3 Å². The molecule has 0 saturated heterocycles. The molecule has 89 heavy (non-hydrogen) atoms. The van der Waals surface area contributed by atoms with Crippen LogP contribution in [-0.2, 0) is 103 Å². The van der Waals surface area contributed by atoms with Crippen LogP contribution in [-0.4, -0.2) is 109 Å². The van der Waals surface area contributed by atoms with Crippen molar-refractivity contribution >= 4 is 194 Å². The van der Waals surface area contributed by atoms with Crippen molar-refractivity contribution < 1.29 is 281 Å². The molecule has 4 N–H and O–H groups in total. The average molecular weight is 1510 g/mol. The number of rotatable bonds is 26. The van der Waals surface area contributed by atoms with Gasteiger partial charge < -0.3 is 56.7 Å². The fraction of sp³-hybridized carbons (Fsp3) is 0.103. The molecule has 6 aromatic carbocycles. The number of phenols is 2. The van der Waals surface area contributed by atoms with Crippen LogP contribution in [0.25, 0.3) is 21.5 Å². The van der Waals surface area contributed by atoms with E-state index in [1.54, 1.807) is 0 Å². The SMILES string of the molecule is O=S(=O)([O-])c1cc(Nc2nc(Cl)nc(Nc3ccc4c(O)c(N=Nc5ccc(S(=O)(=O)CCS(=O)(=S)S[S-])cc5)c(S(=O)(=O)[O-])cc4c3S(=O)(=O)[O-])n2)c2c(O)c(N=Nc3ccc(S(=O)(=O)CCOSOO[O-])cc3)c(SOO[O-])cc2c1.[Na+].[Na+].[Na+].[Na+].[Na+].[Na+]. The second-order valence-electron chi connectivity index (χ2n) is 15.7. The maximum Gasteiger partial charge on any atom is 1.00 e. The van der Waals surface area contributed by atoms with E-state index in [-0.39, 0.29) is 239 Å². The van der Waals surface area contributed by atoms with Crippen molar-refractivity contribution in [3.05, 3.63) is 90.2 Å². The largest absolute Gasteiger partial charge is 1.00 e. The summed E-state index contributed by atoms with van der Waals surface area (Å²) in [6.07, 6.45) is 0. The van der Waals surface area contributed by atoms with Crippen molar-refractivity contribution in [2.45, 2.75) is 29.4 Å². The topological polar surface area (TPSA) is 502 Å². The normalized spacial score (nSPS) is 12.6. The molecule has 0 saturated carbocycles. The van der Waals surface area contributed by atoms with Gasteiger partial charge in [-0.2, -0.15) is 29.5 Å². The molecule has 0 aliphatic carbocycles. The van der Waals surface area contributed by atoms with E-state index in [2.05, 4.69) is 76.4 Å². The monoisotopic (exact) mass is 1510 g/mol. The molecule has 444 valence electrons. The van der Waals surface area contributed by atoms with Crippen LogP contribution in [0.1, 0.15) is 0 Å². The standard InChI is InChI=1S/C39H32ClN9O23S11.6Na/c40-37-43-38(41-27-10-9-25-26(36(27)83(65,66)67)18-30(82(62,63)64)33(34(25)50)49-47-21-3-7-23(8-4-21)79(56,57)13-14-80(58,74)77-73)45-39(44-37)42-28-17-24(81(59,60)61)15-19-16-29(75-71-69-52)32(35(51)31(19)28)48-46-20-1-5-22(6-2-20)78(54,55)12-11-68-76-72-70-53;;;;;;/h1-10,15-18,50-53,73H,11-14H2,(H,59,60,61)(H,62,63,64)(H,65,66,67)(H2,41,42,43,44,45);;;;;;/q;6*+1/p-6. The molecule has 50 heteroatoms. The van der Waals surface area contributed by atoms with Gasteiger partial charge in [0.05, 0.1) is 89.8 Å². The fourth-order valence-corrected chi connectivity index (χ4v) is 15.7. The first-order valence-corrected chi connectivity index (χ1v) is 35.5. The van der Waals surface area contributed by atoms with Crippen molar-refractivity contribution in [1.29, 1.82) is 0 Å². The van der Waals surface area contributed by atoms with Gasteiger partial charge in [0.1, 0.15) is 41.7 Å². The third-order valence-electron chi connectivity index (χ3n) is 10.5. The molecule has 7 aromatic rings. The Hall–Kier alpha value is 0.660. The summed E-state index contributed by atoms with van der Waals surface area (Å²) >= 11 is 15.9. The minimum absolute atomic E-state index is 0. The number of halogens is 1. The van der Waals surface area contributed by atoms with Gasteiger partial charge in [-0.05, 0) is 113 Å². The molecular weight excluding hydrogens is 1490 g/mol. The zero-order valence-corrected chi connectivity index (χ0v) is 67.6. The molecule has 1 heterocycles. The van der Waals surface area contributed by atoms with Crippen LogP contribution in [0.4, 0.5) is 46.0 Å². The van der Waals surface area contributed by atoms with E-state index in [1.165, 1.54) is 12.1 Å².